The number of piperazine rings is 1. The maximum absolute atomic E-state index is 12.9. The minimum Gasteiger partial charge on any atom is -0.338 e. The summed E-state index contributed by atoms with van der Waals surface area (Å²) >= 11 is 0. The topological polar surface area (TPSA) is 46.4 Å². The van der Waals surface area contributed by atoms with Gasteiger partial charge in [-0.1, -0.05) is 30.3 Å². The van der Waals surface area contributed by atoms with Gasteiger partial charge in [-0.15, -0.1) is 0 Å². The molecule has 20 heavy (non-hydrogen) atoms. The van der Waals surface area contributed by atoms with E-state index in [1.807, 2.05) is 23.1 Å². The lowest BCUT2D eigenvalue weighted by Crippen LogP contribution is -2.59. The van der Waals surface area contributed by atoms with Gasteiger partial charge < -0.3 is 10.2 Å². The average molecular weight is 272 g/mol. The molecule has 1 aromatic carbocycles. The monoisotopic (exact) mass is 272 g/mol. The lowest BCUT2D eigenvalue weighted by molar-refractivity contribution is -0.138. The van der Waals surface area contributed by atoms with Crippen LogP contribution in [0.3, 0.4) is 0 Å². The van der Waals surface area contributed by atoms with E-state index in [4.69, 9.17) is 0 Å². The molecule has 3 rings (SSSR count). The predicted octanol–water partition coefficient (Wildman–Crippen LogP) is 0.798. The molecular weight excluding hydrogens is 250 g/mol. The minimum atomic E-state index is -0.390. The van der Waals surface area contributed by atoms with Gasteiger partial charge >= 0.3 is 0 Å². The Balaban J connectivity index is 1.78. The highest BCUT2D eigenvalue weighted by molar-refractivity contribution is 5.87. The molecule has 1 amide bonds. The second kappa shape index (κ2) is 5.94. The van der Waals surface area contributed by atoms with Crippen molar-refractivity contribution < 1.29 is 4.79 Å². The van der Waals surface area contributed by atoms with Crippen molar-refractivity contribution in [3.63, 3.8) is 0 Å². The molecule has 2 aliphatic rings. The van der Waals surface area contributed by atoms with Gasteiger partial charge in [0.1, 0.15) is 5.54 Å². The van der Waals surface area contributed by atoms with Crippen molar-refractivity contribution in [2.75, 3.05) is 32.7 Å². The van der Waals surface area contributed by atoms with Gasteiger partial charge in [-0.05, 0) is 31.4 Å². The van der Waals surface area contributed by atoms with Gasteiger partial charge in [0.05, 0.1) is 0 Å². The zero-order valence-electron chi connectivity index (χ0n) is 11.8. The van der Waals surface area contributed by atoms with Gasteiger partial charge in [0, 0.05) is 26.2 Å². The van der Waals surface area contributed by atoms with Crippen LogP contribution in [0.2, 0.25) is 0 Å². The van der Waals surface area contributed by atoms with Crippen molar-refractivity contribution in [1.82, 2.24) is 15.5 Å². The van der Waals surface area contributed by atoms with Crippen LogP contribution in [-0.4, -0.2) is 49.1 Å². The SMILES string of the molecule is O=C(N1CC[N]CC1)C1(Cc2ccccc2)CCCN1. The Morgan fingerprint density at radius 3 is 2.65 bits per heavy atom. The van der Waals surface area contributed by atoms with Gasteiger partial charge in [0.15, 0.2) is 0 Å². The highest BCUT2D eigenvalue weighted by Crippen LogP contribution is 2.26. The van der Waals surface area contributed by atoms with E-state index in [-0.39, 0.29) is 5.91 Å². The fourth-order valence-corrected chi connectivity index (χ4v) is 3.27. The first-order valence-electron chi connectivity index (χ1n) is 7.52. The molecule has 1 unspecified atom stereocenters. The molecule has 1 atom stereocenters. The van der Waals surface area contributed by atoms with Crippen LogP contribution in [0.4, 0.5) is 0 Å². The average Bonchev–Trinajstić information content (AvgIpc) is 2.98. The summed E-state index contributed by atoms with van der Waals surface area (Å²) in [6.45, 7) is 4.06. The number of carbonyl (C=O) groups excluding carboxylic acids is 1. The highest BCUT2D eigenvalue weighted by atomic mass is 16.2. The van der Waals surface area contributed by atoms with E-state index in [0.29, 0.717) is 0 Å². The van der Waals surface area contributed by atoms with Gasteiger partial charge in [0.25, 0.3) is 0 Å². The van der Waals surface area contributed by atoms with Gasteiger partial charge in [-0.2, -0.15) is 0 Å². The Labute approximate surface area is 120 Å². The van der Waals surface area contributed by atoms with Crippen LogP contribution >= 0.6 is 0 Å². The summed E-state index contributed by atoms with van der Waals surface area (Å²) in [5.74, 6) is 0.272. The molecule has 0 spiro atoms. The highest BCUT2D eigenvalue weighted by Gasteiger charge is 2.43. The number of carbonyl (C=O) groups is 1. The first-order chi connectivity index (χ1) is 9.80. The molecule has 4 heteroatoms. The predicted molar refractivity (Wildman–Crippen MR) is 78.6 cm³/mol. The van der Waals surface area contributed by atoms with Crippen LogP contribution in [0.25, 0.3) is 0 Å². The molecule has 2 aliphatic heterocycles. The third kappa shape index (κ3) is 2.72. The van der Waals surface area contributed by atoms with Gasteiger partial charge in [0.2, 0.25) is 5.91 Å². The van der Waals surface area contributed by atoms with Gasteiger partial charge in [-0.3, -0.25) is 4.79 Å². The van der Waals surface area contributed by atoms with Crippen molar-refractivity contribution >= 4 is 5.91 Å². The first-order valence-corrected chi connectivity index (χ1v) is 7.52. The van der Waals surface area contributed by atoms with Crippen LogP contribution in [0, 0.1) is 0 Å². The lowest BCUT2D eigenvalue weighted by atomic mass is 9.87. The molecule has 2 heterocycles. The number of hydrogen-bond acceptors (Lipinski definition) is 2. The van der Waals surface area contributed by atoms with E-state index in [1.165, 1.54) is 5.56 Å². The van der Waals surface area contributed by atoms with E-state index in [2.05, 4.69) is 22.8 Å². The van der Waals surface area contributed by atoms with Crippen LogP contribution in [0.15, 0.2) is 30.3 Å². The largest absolute Gasteiger partial charge is 0.338 e. The van der Waals surface area contributed by atoms with E-state index in [0.717, 1.165) is 52.0 Å². The number of nitrogens with one attached hydrogen (secondary N) is 1. The fourth-order valence-electron chi connectivity index (χ4n) is 3.27. The fraction of sp³-hybridized carbons (Fsp3) is 0.562. The summed E-state index contributed by atoms with van der Waals surface area (Å²) in [5, 5.41) is 7.82. The molecule has 2 fully saturated rings. The molecule has 0 saturated carbocycles. The number of rotatable bonds is 3. The third-order valence-electron chi connectivity index (χ3n) is 4.35. The summed E-state index contributed by atoms with van der Waals surface area (Å²) in [5.41, 5.74) is 0.843. The quantitative estimate of drug-likeness (QED) is 0.884. The zero-order valence-corrected chi connectivity index (χ0v) is 11.8. The molecule has 0 bridgehead atoms. The van der Waals surface area contributed by atoms with E-state index in [1.54, 1.807) is 0 Å². The Kier molecular flexibility index (Phi) is 4.03. The zero-order chi connectivity index (χ0) is 13.8. The number of amides is 1. The molecule has 107 valence electrons. The Hall–Kier alpha value is -1.39. The van der Waals surface area contributed by atoms with Crippen molar-refractivity contribution in [3.8, 4) is 0 Å². The van der Waals surface area contributed by atoms with Gasteiger partial charge in [-0.25, -0.2) is 5.32 Å². The summed E-state index contributed by atoms with van der Waals surface area (Å²) in [7, 11) is 0. The van der Waals surface area contributed by atoms with Crippen LogP contribution in [0.5, 0.6) is 0 Å². The molecule has 1 radical (unpaired) electrons. The number of benzene rings is 1. The van der Waals surface area contributed by atoms with E-state index >= 15 is 0 Å². The Morgan fingerprint density at radius 2 is 2.00 bits per heavy atom. The van der Waals surface area contributed by atoms with Crippen LogP contribution < -0.4 is 10.6 Å². The molecule has 1 N–H and O–H groups in total. The Morgan fingerprint density at radius 1 is 1.25 bits per heavy atom. The molecule has 2 saturated heterocycles. The van der Waals surface area contributed by atoms with E-state index in [9.17, 15) is 4.79 Å². The van der Waals surface area contributed by atoms with Crippen molar-refractivity contribution in [2.24, 2.45) is 0 Å². The summed E-state index contributed by atoms with van der Waals surface area (Å²) in [4.78, 5) is 14.9. The molecule has 0 aliphatic carbocycles. The van der Waals surface area contributed by atoms with Crippen molar-refractivity contribution in [3.05, 3.63) is 35.9 Å². The molecular formula is C16H22N3O. The third-order valence-corrected chi connectivity index (χ3v) is 4.35. The summed E-state index contributed by atoms with van der Waals surface area (Å²) in [6, 6.07) is 10.3. The van der Waals surface area contributed by atoms with Crippen molar-refractivity contribution in [1.29, 1.82) is 0 Å². The summed E-state index contributed by atoms with van der Waals surface area (Å²) < 4.78 is 0. The maximum Gasteiger partial charge on any atom is 0.243 e. The minimum absolute atomic E-state index is 0.272. The maximum atomic E-state index is 12.9. The summed E-state index contributed by atoms with van der Waals surface area (Å²) in [6.07, 6.45) is 2.81. The van der Waals surface area contributed by atoms with Crippen LogP contribution in [0.1, 0.15) is 18.4 Å². The standard InChI is InChI=1S/C16H22N3O/c20-15(19-11-9-17-10-12-19)16(7-4-8-18-16)13-14-5-2-1-3-6-14/h1-3,5-6,18H,4,7-13H2. The molecule has 1 aromatic rings. The Bertz CT molecular complexity index is 448. The number of nitrogens with zero attached hydrogens (tertiary/aromatic N) is 2. The number of hydrogen-bond donors (Lipinski definition) is 1. The first kappa shape index (κ1) is 13.6. The smallest absolute Gasteiger partial charge is 0.243 e. The molecule has 4 nitrogen and oxygen atoms in total. The molecule has 0 aromatic heterocycles. The van der Waals surface area contributed by atoms with Crippen LogP contribution in [-0.2, 0) is 11.2 Å². The second-order valence-corrected chi connectivity index (χ2v) is 5.74. The lowest BCUT2D eigenvalue weighted by Gasteiger charge is -2.36. The second-order valence-electron chi connectivity index (χ2n) is 5.74. The van der Waals surface area contributed by atoms with E-state index < -0.39 is 5.54 Å². The van der Waals surface area contributed by atoms with Crippen molar-refractivity contribution in [2.45, 2.75) is 24.8 Å². The normalized spacial score (nSPS) is 26.7.